The molecule has 1 aromatic heterocycles. The van der Waals surface area contributed by atoms with Gasteiger partial charge in [0.1, 0.15) is 5.82 Å². The van der Waals surface area contributed by atoms with Gasteiger partial charge in [-0.1, -0.05) is 24.3 Å². The minimum atomic E-state index is -3.74. The zero-order valence-electron chi connectivity index (χ0n) is 11.9. The molecule has 2 aromatic carbocycles. The Kier molecular flexibility index (Phi) is 4.25. The molecule has 0 atom stereocenters. The lowest BCUT2D eigenvalue weighted by Gasteiger charge is -2.01. The van der Waals surface area contributed by atoms with Crippen molar-refractivity contribution in [1.29, 1.82) is 0 Å². The second-order valence-corrected chi connectivity index (χ2v) is 7.51. The maximum Gasteiger partial charge on any atom is 0.238 e. The Morgan fingerprint density at radius 3 is 2.57 bits per heavy atom. The molecular formula is C16H13FN2O2S2. The van der Waals surface area contributed by atoms with Crippen LogP contribution in [0, 0.1) is 5.82 Å². The van der Waals surface area contributed by atoms with E-state index in [0.29, 0.717) is 17.7 Å². The first kappa shape index (κ1) is 15.8. The summed E-state index contributed by atoms with van der Waals surface area (Å²) in [6, 6.07) is 12.6. The molecule has 2 N–H and O–H groups in total. The van der Waals surface area contributed by atoms with Crippen molar-refractivity contribution in [2.75, 3.05) is 0 Å². The van der Waals surface area contributed by atoms with Crippen molar-refractivity contribution >= 4 is 21.4 Å². The molecule has 4 nitrogen and oxygen atoms in total. The molecule has 0 saturated carbocycles. The van der Waals surface area contributed by atoms with Crippen LogP contribution in [0.2, 0.25) is 0 Å². The Morgan fingerprint density at radius 2 is 1.87 bits per heavy atom. The number of hydrogen-bond acceptors (Lipinski definition) is 4. The lowest BCUT2D eigenvalue weighted by atomic mass is 10.1. The van der Waals surface area contributed by atoms with Crippen LogP contribution in [-0.2, 0) is 16.4 Å². The first-order valence-corrected chi connectivity index (χ1v) is 9.16. The fourth-order valence-corrected chi connectivity index (χ4v) is 3.53. The number of aromatic nitrogens is 1. The Morgan fingerprint density at radius 1 is 1.13 bits per heavy atom. The number of halogens is 1. The van der Waals surface area contributed by atoms with Gasteiger partial charge in [0, 0.05) is 17.4 Å². The lowest BCUT2D eigenvalue weighted by molar-refractivity contribution is 0.598. The van der Waals surface area contributed by atoms with Crippen LogP contribution in [0.25, 0.3) is 11.3 Å². The maximum absolute atomic E-state index is 12.9. The number of benzene rings is 2. The van der Waals surface area contributed by atoms with Gasteiger partial charge in [-0.05, 0) is 29.8 Å². The number of rotatable bonds is 4. The largest absolute Gasteiger partial charge is 0.241 e. The second kappa shape index (κ2) is 6.19. The van der Waals surface area contributed by atoms with E-state index in [9.17, 15) is 12.8 Å². The molecule has 0 aliphatic rings. The van der Waals surface area contributed by atoms with Crippen LogP contribution >= 0.6 is 11.3 Å². The van der Waals surface area contributed by atoms with Crippen molar-refractivity contribution in [3.05, 3.63) is 70.3 Å². The molecule has 0 spiro atoms. The predicted molar refractivity (Wildman–Crippen MR) is 88.1 cm³/mol. The highest BCUT2D eigenvalue weighted by molar-refractivity contribution is 7.89. The molecule has 0 unspecified atom stereocenters. The molecule has 1 heterocycles. The monoisotopic (exact) mass is 348 g/mol. The molecule has 0 aliphatic heterocycles. The molecule has 0 amide bonds. The van der Waals surface area contributed by atoms with Crippen LogP contribution in [0.4, 0.5) is 4.39 Å². The minimum Gasteiger partial charge on any atom is -0.241 e. The standard InChI is InChI=1S/C16H13FN2O2S2/c17-13-6-4-11(5-7-13)8-16-19-15(10-22-16)12-2-1-3-14(9-12)23(18,20)21/h1-7,9-10H,8H2,(H2,18,20,21). The van der Waals surface area contributed by atoms with Gasteiger partial charge in [-0.25, -0.2) is 22.9 Å². The van der Waals surface area contributed by atoms with Crippen molar-refractivity contribution in [2.24, 2.45) is 5.14 Å². The van der Waals surface area contributed by atoms with E-state index < -0.39 is 10.0 Å². The summed E-state index contributed by atoms with van der Waals surface area (Å²) >= 11 is 1.47. The van der Waals surface area contributed by atoms with E-state index in [1.165, 1.54) is 35.6 Å². The van der Waals surface area contributed by atoms with Crippen molar-refractivity contribution in [3.8, 4) is 11.3 Å². The number of nitrogens with zero attached hydrogens (tertiary/aromatic N) is 1. The normalized spacial score (nSPS) is 11.6. The third-order valence-corrected chi connectivity index (χ3v) is 5.04. The average molecular weight is 348 g/mol. The van der Waals surface area contributed by atoms with Crippen LogP contribution in [-0.4, -0.2) is 13.4 Å². The zero-order chi connectivity index (χ0) is 16.4. The molecule has 0 aliphatic carbocycles. The van der Waals surface area contributed by atoms with Gasteiger partial charge in [0.2, 0.25) is 10.0 Å². The summed E-state index contributed by atoms with van der Waals surface area (Å²) in [6.45, 7) is 0. The minimum absolute atomic E-state index is 0.0584. The number of hydrogen-bond donors (Lipinski definition) is 1. The van der Waals surface area contributed by atoms with Gasteiger partial charge in [0.25, 0.3) is 0 Å². The summed E-state index contributed by atoms with van der Waals surface area (Å²) in [7, 11) is -3.74. The van der Waals surface area contributed by atoms with Crippen LogP contribution in [0.3, 0.4) is 0 Å². The molecule has 0 radical (unpaired) electrons. The fourth-order valence-electron chi connectivity index (χ4n) is 2.13. The zero-order valence-corrected chi connectivity index (χ0v) is 13.6. The second-order valence-electron chi connectivity index (χ2n) is 5.00. The van der Waals surface area contributed by atoms with Gasteiger partial charge in [-0.2, -0.15) is 0 Å². The van der Waals surface area contributed by atoms with Gasteiger partial charge >= 0.3 is 0 Å². The third-order valence-electron chi connectivity index (χ3n) is 3.28. The topological polar surface area (TPSA) is 73.1 Å². The molecular weight excluding hydrogens is 335 g/mol. The molecule has 0 bridgehead atoms. The summed E-state index contributed by atoms with van der Waals surface area (Å²) in [5.41, 5.74) is 2.35. The van der Waals surface area contributed by atoms with Crippen molar-refractivity contribution in [1.82, 2.24) is 4.98 Å². The smallest absolute Gasteiger partial charge is 0.238 e. The van der Waals surface area contributed by atoms with E-state index in [0.717, 1.165) is 10.6 Å². The van der Waals surface area contributed by atoms with Crippen molar-refractivity contribution in [3.63, 3.8) is 0 Å². The molecule has 3 aromatic rings. The SMILES string of the molecule is NS(=O)(=O)c1cccc(-c2csc(Cc3ccc(F)cc3)n2)c1. The van der Waals surface area contributed by atoms with Gasteiger partial charge in [0.05, 0.1) is 15.6 Å². The first-order chi connectivity index (χ1) is 10.9. The molecule has 3 rings (SSSR count). The highest BCUT2D eigenvalue weighted by Gasteiger charge is 2.11. The number of nitrogens with two attached hydrogens (primary N) is 1. The lowest BCUT2D eigenvalue weighted by Crippen LogP contribution is -2.11. The van der Waals surface area contributed by atoms with Gasteiger partial charge in [0.15, 0.2) is 0 Å². The first-order valence-electron chi connectivity index (χ1n) is 6.74. The van der Waals surface area contributed by atoms with Crippen LogP contribution in [0.5, 0.6) is 0 Å². The molecule has 118 valence electrons. The summed E-state index contributed by atoms with van der Waals surface area (Å²) < 4.78 is 35.8. The Labute approximate surface area is 137 Å². The van der Waals surface area contributed by atoms with Crippen LogP contribution in [0.1, 0.15) is 10.6 Å². The van der Waals surface area contributed by atoms with E-state index in [4.69, 9.17) is 5.14 Å². The molecule has 23 heavy (non-hydrogen) atoms. The number of thiazole rings is 1. The summed E-state index contributed by atoms with van der Waals surface area (Å²) in [5.74, 6) is -0.270. The van der Waals surface area contributed by atoms with Gasteiger partial charge in [-0.3, -0.25) is 0 Å². The highest BCUT2D eigenvalue weighted by Crippen LogP contribution is 2.25. The van der Waals surface area contributed by atoms with Crippen molar-refractivity contribution < 1.29 is 12.8 Å². The van der Waals surface area contributed by atoms with E-state index in [1.807, 2.05) is 5.38 Å². The Bertz CT molecular complexity index is 935. The van der Waals surface area contributed by atoms with Crippen LogP contribution in [0.15, 0.2) is 58.8 Å². The number of primary sulfonamides is 1. The third kappa shape index (κ3) is 3.82. The van der Waals surface area contributed by atoms with E-state index >= 15 is 0 Å². The number of sulfonamides is 1. The summed E-state index contributed by atoms with van der Waals surface area (Å²) in [4.78, 5) is 4.57. The predicted octanol–water partition coefficient (Wildman–Crippen LogP) is 3.19. The van der Waals surface area contributed by atoms with Gasteiger partial charge in [-0.15, -0.1) is 11.3 Å². The Balaban J connectivity index is 1.86. The Hall–Kier alpha value is -2.09. The van der Waals surface area contributed by atoms with E-state index in [1.54, 1.807) is 24.3 Å². The molecule has 0 saturated heterocycles. The quantitative estimate of drug-likeness (QED) is 0.787. The van der Waals surface area contributed by atoms with E-state index in [-0.39, 0.29) is 10.7 Å². The maximum atomic E-state index is 12.9. The fraction of sp³-hybridized carbons (Fsp3) is 0.0625. The molecule has 7 heteroatoms. The van der Waals surface area contributed by atoms with Gasteiger partial charge < -0.3 is 0 Å². The van der Waals surface area contributed by atoms with Crippen molar-refractivity contribution in [2.45, 2.75) is 11.3 Å². The molecule has 0 fully saturated rings. The van der Waals surface area contributed by atoms with E-state index in [2.05, 4.69) is 4.98 Å². The summed E-state index contributed by atoms with van der Waals surface area (Å²) in [5, 5.41) is 7.88. The summed E-state index contributed by atoms with van der Waals surface area (Å²) in [6.07, 6.45) is 0.597. The average Bonchev–Trinajstić information content (AvgIpc) is 2.97. The highest BCUT2D eigenvalue weighted by atomic mass is 32.2. The van der Waals surface area contributed by atoms with Crippen LogP contribution < -0.4 is 5.14 Å².